The normalized spacial score (nSPS) is 27.0. The van der Waals surface area contributed by atoms with E-state index < -0.39 is 12.3 Å². The summed E-state index contributed by atoms with van der Waals surface area (Å²) in [5.41, 5.74) is 0. The van der Waals surface area contributed by atoms with Gasteiger partial charge in [0.2, 0.25) is 0 Å². The van der Waals surface area contributed by atoms with Gasteiger partial charge in [-0.15, -0.1) is 0 Å². The van der Waals surface area contributed by atoms with Gasteiger partial charge in [0.1, 0.15) is 0 Å². The van der Waals surface area contributed by atoms with Gasteiger partial charge in [-0.3, -0.25) is 0 Å². The molecule has 0 amide bonds. The molecule has 0 aromatic heterocycles. The Hall–Kier alpha value is -0.290. The fourth-order valence-electron chi connectivity index (χ4n) is 1.49. The molecule has 1 fully saturated rings. The van der Waals surface area contributed by atoms with Gasteiger partial charge < -0.3 is 10.1 Å². The lowest BCUT2D eigenvalue weighted by Gasteiger charge is -2.22. The minimum atomic E-state index is -4.24. The van der Waals surface area contributed by atoms with E-state index in [1.165, 1.54) is 0 Å². The monoisotopic (exact) mass is 211 g/mol. The summed E-state index contributed by atoms with van der Waals surface area (Å²) < 4.78 is 41.5. The SMILES string of the molecule is CC(OC1CCCNCC1)C(F)(F)F. The van der Waals surface area contributed by atoms with Crippen LogP contribution in [0, 0.1) is 0 Å². The molecule has 5 heteroatoms. The van der Waals surface area contributed by atoms with Crippen molar-refractivity contribution in [3.05, 3.63) is 0 Å². The van der Waals surface area contributed by atoms with Gasteiger partial charge in [-0.25, -0.2) is 0 Å². The number of rotatable bonds is 2. The fourth-order valence-corrected chi connectivity index (χ4v) is 1.49. The Bertz CT molecular complexity index is 164. The lowest BCUT2D eigenvalue weighted by molar-refractivity contribution is -0.227. The highest BCUT2D eigenvalue weighted by molar-refractivity contribution is 4.70. The van der Waals surface area contributed by atoms with E-state index in [1.807, 2.05) is 0 Å². The van der Waals surface area contributed by atoms with Crippen molar-refractivity contribution >= 4 is 0 Å². The fraction of sp³-hybridized carbons (Fsp3) is 1.00. The van der Waals surface area contributed by atoms with Crippen LogP contribution in [0.25, 0.3) is 0 Å². The molecule has 0 aromatic rings. The second-order valence-corrected chi connectivity index (χ2v) is 3.62. The summed E-state index contributed by atoms with van der Waals surface area (Å²) in [5.74, 6) is 0. The van der Waals surface area contributed by atoms with Gasteiger partial charge in [-0.05, 0) is 39.3 Å². The molecule has 1 aliphatic heterocycles. The molecule has 0 bridgehead atoms. The molecule has 0 saturated carbocycles. The van der Waals surface area contributed by atoms with Crippen molar-refractivity contribution < 1.29 is 17.9 Å². The highest BCUT2D eigenvalue weighted by atomic mass is 19.4. The third kappa shape index (κ3) is 3.84. The summed E-state index contributed by atoms with van der Waals surface area (Å²) in [4.78, 5) is 0. The molecule has 84 valence electrons. The molecule has 1 rings (SSSR count). The number of hydrogen-bond donors (Lipinski definition) is 1. The summed E-state index contributed by atoms with van der Waals surface area (Å²) in [6, 6.07) is 0. The first-order chi connectivity index (χ1) is 6.50. The molecule has 1 N–H and O–H groups in total. The second kappa shape index (κ2) is 4.98. The lowest BCUT2D eigenvalue weighted by Crippen LogP contribution is -2.33. The van der Waals surface area contributed by atoms with Gasteiger partial charge >= 0.3 is 6.18 Å². The van der Waals surface area contributed by atoms with E-state index in [9.17, 15) is 13.2 Å². The minimum absolute atomic E-state index is 0.248. The Morgan fingerprint density at radius 3 is 2.64 bits per heavy atom. The molecule has 0 spiro atoms. The first-order valence-electron chi connectivity index (χ1n) is 4.93. The number of ether oxygens (including phenoxy) is 1. The zero-order chi connectivity index (χ0) is 10.6. The second-order valence-electron chi connectivity index (χ2n) is 3.62. The molecule has 0 aliphatic carbocycles. The molecule has 1 saturated heterocycles. The van der Waals surface area contributed by atoms with Crippen LogP contribution in [-0.4, -0.2) is 31.5 Å². The first-order valence-corrected chi connectivity index (χ1v) is 4.93. The molecule has 1 heterocycles. The third-order valence-electron chi connectivity index (χ3n) is 2.38. The maximum Gasteiger partial charge on any atom is 0.414 e. The number of halogens is 3. The van der Waals surface area contributed by atoms with Crippen LogP contribution >= 0.6 is 0 Å². The summed E-state index contributed by atoms with van der Waals surface area (Å²) in [6.07, 6.45) is -3.87. The minimum Gasteiger partial charge on any atom is -0.366 e. The molecule has 2 nitrogen and oxygen atoms in total. The Morgan fingerprint density at radius 1 is 1.29 bits per heavy atom. The van der Waals surface area contributed by atoms with Gasteiger partial charge in [0.05, 0.1) is 6.10 Å². The van der Waals surface area contributed by atoms with Gasteiger partial charge in [0, 0.05) is 0 Å². The molecular formula is C9H16F3NO. The van der Waals surface area contributed by atoms with E-state index in [0.29, 0.717) is 12.8 Å². The maximum absolute atomic E-state index is 12.2. The maximum atomic E-state index is 12.2. The predicted molar refractivity (Wildman–Crippen MR) is 47.1 cm³/mol. The van der Waals surface area contributed by atoms with Crippen LogP contribution in [0.2, 0.25) is 0 Å². The van der Waals surface area contributed by atoms with Gasteiger partial charge in [-0.2, -0.15) is 13.2 Å². The van der Waals surface area contributed by atoms with Gasteiger partial charge in [0.25, 0.3) is 0 Å². The van der Waals surface area contributed by atoms with Gasteiger partial charge in [-0.1, -0.05) is 0 Å². The molecular weight excluding hydrogens is 195 g/mol. The quantitative estimate of drug-likeness (QED) is 0.755. The van der Waals surface area contributed by atoms with E-state index in [2.05, 4.69) is 5.32 Å². The van der Waals surface area contributed by atoms with Crippen LogP contribution in [0.5, 0.6) is 0 Å². The standard InChI is InChI=1S/C9H16F3NO/c1-7(9(10,11)12)14-8-3-2-5-13-6-4-8/h7-8,13H,2-6H2,1H3. The molecule has 2 unspecified atom stereocenters. The zero-order valence-electron chi connectivity index (χ0n) is 8.23. The van der Waals surface area contributed by atoms with Crippen molar-refractivity contribution in [1.29, 1.82) is 0 Å². The molecule has 2 atom stereocenters. The van der Waals surface area contributed by atoms with Crippen molar-refractivity contribution in [2.75, 3.05) is 13.1 Å². The Morgan fingerprint density at radius 2 is 2.00 bits per heavy atom. The Labute approximate surface area is 81.8 Å². The Kier molecular flexibility index (Phi) is 4.19. The van der Waals surface area contributed by atoms with Crippen molar-refractivity contribution in [1.82, 2.24) is 5.32 Å². The van der Waals surface area contributed by atoms with Crippen molar-refractivity contribution in [2.45, 2.75) is 44.6 Å². The number of alkyl halides is 3. The highest BCUT2D eigenvalue weighted by Gasteiger charge is 2.38. The summed E-state index contributed by atoms with van der Waals surface area (Å²) in [6.45, 7) is 2.69. The topological polar surface area (TPSA) is 21.3 Å². The van der Waals surface area contributed by atoms with Crippen LogP contribution in [-0.2, 0) is 4.74 Å². The van der Waals surface area contributed by atoms with Crippen molar-refractivity contribution in [2.24, 2.45) is 0 Å². The molecule has 0 radical (unpaired) electrons. The van der Waals surface area contributed by atoms with E-state index >= 15 is 0 Å². The molecule has 14 heavy (non-hydrogen) atoms. The van der Waals surface area contributed by atoms with Crippen LogP contribution in [0.4, 0.5) is 13.2 Å². The molecule has 0 aromatic carbocycles. The van der Waals surface area contributed by atoms with E-state index in [1.54, 1.807) is 0 Å². The first kappa shape index (κ1) is 11.8. The highest BCUT2D eigenvalue weighted by Crippen LogP contribution is 2.25. The smallest absolute Gasteiger partial charge is 0.366 e. The van der Waals surface area contributed by atoms with Crippen LogP contribution in [0.3, 0.4) is 0 Å². The lowest BCUT2D eigenvalue weighted by atomic mass is 10.1. The summed E-state index contributed by atoms with van der Waals surface area (Å²) in [5, 5.41) is 3.13. The van der Waals surface area contributed by atoms with Crippen molar-refractivity contribution in [3.63, 3.8) is 0 Å². The Balaban J connectivity index is 2.34. The van der Waals surface area contributed by atoms with Crippen LogP contribution < -0.4 is 5.32 Å². The van der Waals surface area contributed by atoms with E-state index in [0.717, 1.165) is 26.4 Å². The largest absolute Gasteiger partial charge is 0.414 e. The van der Waals surface area contributed by atoms with Gasteiger partial charge in [0.15, 0.2) is 6.10 Å². The molecule has 1 aliphatic rings. The van der Waals surface area contributed by atoms with Crippen molar-refractivity contribution in [3.8, 4) is 0 Å². The summed E-state index contributed by atoms with van der Waals surface area (Å²) >= 11 is 0. The number of hydrogen-bond acceptors (Lipinski definition) is 2. The summed E-state index contributed by atoms with van der Waals surface area (Å²) in [7, 11) is 0. The average molecular weight is 211 g/mol. The zero-order valence-corrected chi connectivity index (χ0v) is 8.23. The third-order valence-corrected chi connectivity index (χ3v) is 2.38. The average Bonchev–Trinajstić information content (AvgIpc) is 2.31. The van der Waals surface area contributed by atoms with Crippen LogP contribution in [0.15, 0.2) is 0 Å². The predicted octanol–water partition coefficient (Wildman–Crippen LogP) is 2.10. The number of nitrogens with one attached hydrogen (secondary N) is 1. The van der Waals surface area contributed by atoms with E-state index in [4.69, 9.17) is 4.74 Å². The van der Waals surface area contributed by atoms with E-state index in [-0.39, 0.29) is 6.10 Å². The van der Waals surface area contributed by atoms with Crippen LogP contribution in [0.1, 0.15) is 26.2 Å².